The fraction of sp³-hybridized carbons (Fsp3) is 0.286. The van der Waals surface area contributed by atoms with Crippen molar-refractivity contribution in [3.05, 3.63) is 78.6 Å². The van der Waals surface area contributed by atoms with Gasteiger partial charge in [-0.2, -0.15) is 5.10 Å². The molecular weight excluding hydrogens is 358 g/mol. The number of benzene rings is 2. The molecule has 0 fully saturated rings. The molecule has 1 aromatic heterocycles. The summed E-state index contributed by atoms with van der Waals surface area (Å²) in [6.07, 6.45) is 3.44. The van der Waals surface area contributed by atoms with Crippen molar-refractivity contribution in [2.24, 2.45) is 5.92 Å². The highest BCUT2D eigenvalue weighted by Gasteiger charge is 2.29. The van der Waals surface area contributed by atoms with E-state index in [0.29, 0.717) is 0 Å². The lowest BCUT2D eigenvalue weighted by atomic mass is 9.92. The van der Waals surface area contributed by atoms with Gasteiger partial charge in [0.25, 0.3) is 0 Å². The maximum absolute atomic E-state index is 13.0. The summed E-state index contributed by atoms with van der Waals surface area (Å²) < 4.78 is 30.7. The van der Waals surface area contributed by atoms with Crippen LogP contribution in [-0.4, -0.2) is 18.2 Å². The largest absolute Gasteiger partial charge is 0.241 e. The summed E-state index contributed by atoms with van der Waals surface area (Å²) in [7, 11) is -3.64. The summed E-state index contributed by atoms with van der Waals surface area (Å²) >= 11 is 0. The van der Waals surface area contributed by atoms with Crippen LogP contribution in [0.2, 0.25) is 0 Å². The van der Waals surface area contributed by atoms with Gasteiger partial charge in [-0.05, 0) is 36.2 Å². The molecule has 0 aliphatic rings. The number of hydrogen-bond donors (Lipinski definition) is 1. The molecule has 1 unspecified atom stereocenters. The zero-order chi connectivity index (χ0) is 19.3. The lowest BCUT2D eigenvalue weighted by Crippen LogP contribution is -2.34. The normalized spacial score (nSPS) is 13.0. The third kappa shape index (κ3) is 4.28. The van der Waals surface area contributed by atoms with Crippen LogP contribution in [-0.2, 0) is 10.0 Å². The molecule has 0 radical (unpaired) electrons. The van der Waals surface area contributed by atoms with Gasteiger partial charge in [-0.3, -0.25) is 0 Å². The molecule has 0 aliphatic heterocycles. The van der Waals surface area contributed by atoms with Crippen LogP contribution >= 0.6 is 0 Å². The number of nitrogens with one attached hydrogen (secondary N) is 1. The monoisotopic (exact) mass is 383 g/mol. The van der Waals surface area contributed by atoms with Crippen molar-refractivity contribution in [1.82, 2.24) is 14.5 Å². The Hall–Kier alpha value is -2.44. The third-order valence-corrected chi connectivity index (χ3v) is 6.30. The Morgan fingerprint density at radius 1 is 0.926 bits per heavy atom. The zero-order valence-electron chi connectivity index (χ0n) is 15.6. The fourth-order valence-corrected chi connectivity index (χ4v) is 4.63. The molecule has 142 valence electrons. The topological polar surface area (TPSA) is 64.0 Å². The van der Waals surface area contributed by atoms with Gasteiger partial charge in [0.1, 0.15) is 0 Å². The van der Waals surface area contributed by atoms with Crippen molar-refractivity contribution in [2.45, 2.75) is 37.6 Å². The van der Waals surface area contributed by atoms with Crippen LogP contribution in [0.1, 0.15) is 38.4 Å². The molecule has 1 heterocycles. The van der Waals surface area contributed by atoms with Crippen LogP contribution in [0, 0.1) is 5.92 Å². The van der Waals surface area contributed by atoms with Gasteiger partial charge in [0.2, 0.25) is 10.0 Å². The fourth-order valence-electron chi connectivity index (χ4n) is 3.33. The lowest BCUT2D eigenvalue weighted by molar-refractivity contribution is 0.366. The predicted octanol–water partition coefficient (Wildman–Crippen LogP) is 4.33. The Bertz CT molecular complexity index is 949. The van der Waals surface area contributed by atoms with E-state index in [9.17, 15) is 8.42 Å². The van der Waals surface area contributed by atoms with Crippen LogP contribution in [0.25, 0.3) is 5.69 Å². The Balaban J connectivity index is 2.03. The molecule has 3 rings (SSSR count). The van der Waals surface area contributed by atoms with Gasteiger partial charge in [-0.25, -0.2) is 17.8 Å². The molecule has 0 amide bonds. The van der Waals surface area contributed by atoms with E-state index in [0.717, 1.165) is 24.2 Å². The van der Waals surface area contributed by atoms with E-state index in [2.05, 4.69) is 23.7 Å². The van der Waals surface area contributed by atoms with Crippen molar-refractivity contribution >= 4 is 10.0 Å². The standard InChI is InChI=1S/C21H25N3O2S/c1-3-17(4-2)21(23-27(25,26)19-13-9-6-10-14-19)20-15-16-22-24(20)18-11-7-5-8-12-18/h5-17,21,23H,3-4H2,1-2H3. The summed E-state index contributed by atoms with van der Waals surface area (Å²) in [5, 5.41) is 4.44. The average Bonchev–Trinajstić information content (AvgIpc) is 3.19. The minimum Gasteiger partial charge on any atom is -0.236 e. The maximum Gasteiger partial charge on any atom is 0.241 e. The minimum atomic E-state index is -3.64. The Morgan fingerprint density at radius 3 is 2.11 bits per heavy atom. The summed E-state index contributed by atoms with van der Waals surface area (Å²) in [6.45, 7) is 4.17. The average molecular weight is 384 g/mol. The number of aromatic nitrogens is 2. The second-order valence-corrected chi connectivity index (χ2v) is 8.21. The lowest BCUT2D eigenvalue weighted by Gasteiger charge is -2.27. The number of nitrogens with zero attached hydrogens (tertiary/aromatic N) is 2. The van der Waals surface area contributed by atoms with Crippen LogP contribution in [0.5, 0.6) is 0 Å². The number of para-hydroxylation sites is 1. The Morgan fingerprint density at radius 2 is 1.52 bits per heavy atom. The van der Waals surface area contributed by atoms with Crippen molar-refractivity contribution in [1.29, 1.82) is 0 Å². The van der Waals surface area contributed by atoms with Crippen LogP contribution < -0.4 is 4.72 Å². The van der Waals surface area contributed by atoms with Gasteiger partial charge in [0, 0.05) is 6.20 Å². The molecule has 3 aromatic rings. The summed E-state index contributed by atoms with van der Waals surface area (Å²) in [5.41, 5.74) is 1.75. The van der Waals surface area contributed by atoms with Gasteiger partial charge in [0.05, 0.1) is 22.3 Å². The van der Waals surface area contributed by atoms with Gasteiger partial charge in [-0.15, -0.1) is 0 Å². The molecule has 0 saturated carbocycles. The third-order valence-electron chi connectivity index (χ3n) is 4.85. The summed E-state index contributed by atoms with van der Waals surface area (Å²) in [4.78, 5) is 0.270. The molecule has 0 bridgehead atoms. The molecule has 1 atom stereocenters. The van der Waals surface area contributed by atoms with E-state index in [-0.39, 0.29) is 16.9 Å². The van der Waals surface area contributed by atoms with Crippen LogP contribution in [0.15, 0.2) is 77.8 Å². The molecule has 27 heavy (non-hydrogen) atoms. The van der Waals surface area contributed by atoms with Crippen molar-refractivity contribution < 1.29 is 8.42 Å². The molecule has 5 nitrogen and oxygen atoms in total. The highest BCUT2D eigenvalue weighted by atomic mass is 32.2. The number of sulfonamides is 1. The van der Waals surface area contributed by atoms with Crippen molar-refractivity contribution in [2.75, 3.05) is 0 Å². The summed E-state index contributed by atoms with van der Waals surface area (Å²) in [5.74, 6) is 0.155. The number of rotatable bonds is 8. The van der Waals surface area contributed by atoms with Crippen molar-refractivity contribution in [3.8, 4) is 5.69 Å². The van der Waals surface area contributed by atoms with E-state index >= 15 is 0 Å². The smallest absolute Gasteiger partial charge is 0.236 e. The van der Waals surface area contributed by atoms with E-state index in [1.807, 2.05) is 47.1 Å². The first-order valence-electron chi connectivity index (χ1n) is 9.23. The van der Waals surface area contributed by atoms with Crippen LogP contribution in [0.4, 0.5) is 0 Å². The second-order valence-electron chi connectivity index (χ2n) is 6.49. The second kappa shape index (κ2) is 8.50. The molecule has 0 aliphatic carbocycles. The minimum absolute atomic E-state index is 0.155. The zero-order valence-corrected chi connectivity index (χ0v) is 16.4. The quantitative estimate of drug-likeness (QED) is 0.630. The molecular formula is C21H25N3O2S. The SMILES string of the molecule is CCC(CC)C(NS(=O)(=O)c1ccccc1)c1ccnn1-c1ccccc1. The van der Waals surface area contributed by atoms with E-state index in [1.54, 1.807) is 30.5 Å². The highest BCUT2D eigenvalue weighted by molar-refractivity contribution is 7.89. The Labute approximate surface area is 161 Å². The first-order chi connectivity index (χ1) is 13.1. The van der Waals surface area contributed by atoms with Gasteiger partial charge in [0.15, 0.2) is 0 Å². The maximum atomic E-state index is 13.0. The molecule has 0 spiro atoms. The van der Waals surface area contributed by atoms with Crippen molar-refractivity contribution in [3.63, 3.8) is 0 Å². The number of hydrogen-bond acceptors (Lipinski definition) is 3. The first kappa shape index (κ1) is 19.3. The van der Waals surface area contributed by atoms with Gasteiger partial charge >= 0.3 is 0 Å². The molecule has 6 heteroatoms. The van der Waals surface area contributed by atoms with Gasteiger partial charge in [-0.1, -0.05) is 63.1 Å². The molecule has 2 aromatic carbocycles. The summed E-state index contributed by atoms with van der Waals surface area (Å²) in [6, 6.07) is 19.8. The van der Waals surface area contributed by atoms with E-state index < -0.39 is 10.0 Å². The van der Waals surface area contributed by atoms with E-state index in [1.165, 1.54) is 0 Å². The highest BCUT2D eigenvalue weighted by Crippen LogP contribution is 2.30. The Kier molecular flexibility index (Phi) is 6.08. The first-order valence-corrected chi connectivity index (χ1v) is 10.7. The molecule has 1 N–H and O–H groups in total. The predicted molar refractivity (Wildman–Crippen MR) is 107 cm³/mol. The van der Waals surface area contributed by atoms with E-state index in [4.69, 9.17) is 0 Å². The van der Waals surface area contributed by atoms with Crippen LogP contribution in [0.3, 0.4) is 0 Å². The van der Waals surface area contributed by atoms with Gasteiger partial charge < -0.3 is 0 Å². The molecule has 0 saturated heterocycles.